The number of hydrogen-bond acceptors (Lipinski definition) is 2. The molecule has 0 heterocycles. The van der Waals surface area contributed by atoms with Crippen molar-refractivity contribution in [3.63, 3.8) is 0 Å². The molecule has 0 unspecified atom stereocenters. The number of benzene rings is 2. The minimum atomic E-state index is -0.471. The first-order valence-corrected chi connectivity index (χ1v) is 6.75. The number of carbonyl (C=O) groups excluding carboxylic acids is 1. The van der Waals surface area contributed by atoms with Crippen molar-refractivity contribution in [3.05, 3.63) is 63.7 Å². The van der Waals surface area contributed by atoms with Gasteiger partial charge in [-0.1, -0.05) is 29.8 Å². The van der Waals surface area contributed by atoms with Crippen LogP contribution >= 0.6 is 11.6 Å². The summed E-state index contributed by atoms with van der Waals surface area (Å²) < 4.78 is 0. The number of aryl methyl sites for hydroxylation is 1. The number of carbonyl (C=O) groups is 1. The SMILES string of the molecule is Cc1cccc(NCc2ccc(C(N)=O)cc2Cl)c1C. The molecule has 0 radical (unpaired) electrons. The zero-order valence-corrected chi connectivity index (χ0v) is 12.3. The molecule has 3 N–H and O–H groups in total. The molecule has 1 amide bonds. The van der Waals surface area contributed by atoms with Gasteiger partial charge in [-0.2, -0.15) is 0 Å². The molecule has 0 aromatic heterocycles. The minimum absolute atomic E-state index is 0.422. The fourth-order valence-electron chi connectivity index (χ4n) is 1.98. The lowest BCUT2D eigenvalue weighted by Crippen LogP contribution is -2.11. The van der Waals surface area contributed by atoms with Gasteiger partial charge < -0.3 is 11.1 Å². The number of anilines is 1. The quantitative estimate of drug-likeness (QED) is 0.902. The maximum Gasteiger partial charge on any atom is 0.248 e. The van der Waals surface area contributed by atoms with Crippen molar-refractivity contribution in [2.45, 2.75) is 20.4 Å². The summed E-state index contributed by atoms with van der Waals surface area (Å²) in [5.74, 6) is -0.471. The molecule has 0 fully saturated rings. The molecule has 0 bridgehead atoms. The van der Waals surface area contributed by atoms with Crippen molar-refractivity contribution < 1.29 is 4.79 Å². The summed E-state index contributed by atoms with van der Waals surface area (Å²) in [5.41, 5.74) is 10.1. The van der Waals surface area contributed by atoms with Crippen molar-refractivity contribution in [2.75, 3.05) is 5.32 Å². The van der Waals surface area contributed by atoms with Crippen molar-refractivity contribution in [2.24, 2.45) is 5.73 Å². The highest BCUT2D eigenvalue weighted by Gasteiger charge is 2.06. The number of nitrogens with one attached hydrogen (secondary N) is 1. The van der Waals surface area contributed by atoms with E-state index < -0.39 is 5.91 Å². The molecule has 0 saturated carbocycles. The third-order valence-corrected chi connectivity index (χ3v) is 3.76. The standard InChI is InChI=1S/C16H17ClN2O/c1-10-4-3-5-15(11(10)2)19-9-13-7-6-12(16(18)20)8-14(13)17/h3-8,19H,9H2,1-2H3,(H2,18,20). The Morgan fingerprint density at radius 3 is 2.65 bits per heavy atom. The van der Waals surface area contributed by atoms with Crippen LogP contribution in [-0.4, -0.2) is 5.91 Å². The van der Waals surface area contributed by atoms with Gasteiger partial charge in [-0.25, -0.2) is 0 Å². The normalized spacial score (nSPS) is 10.3. The zero-order valence-electron chi connectivity index (χ0n) is 11.5. The van der Waals surface area contributed by atoms with Crippen LogP contribution in [0.15, 0.2) is 36.4 Å². The van der Waals surface area contributed by atoms with Gasteiger partial charge in [-0.05, 0) is 48.7 Å². The predicted molar refractivity (Wildman–Crippen MR) is 83.2 cm³/mol. The molecular weight excluding hydrogens is 272 g/mol. The van der Waals surface area contributed by atoms with Crippen LogP contribution in [0.1, 0.15) is 27.0 Å². The summed E-state index contributed by atoms with van der Waals surface area (Å²) in [7, 11) is 0. The van der Waals surface area contributed by atoms with Crippen molar-refractivity contribution in [1.82, 2.24) is 0 Å². The summed E-state index contributed by atoms with van der Waals surface area (Å²) in [6.07, 6.45) is 0. The molecule has 2 rings (SSSR count). The first kappa shape index (κ1) is 14.4. The topological polar surface area (TPSA) is 55.1 Å². The Labute approximate surface area is 123 Å². The van der Waals surface area contributed by atoms with Gasteiger partial charge in [0.1, 0.15) is 0 Å². The Morgan fingerprint density at radius 2 is 2.00 bits per heavy atom. The number of amides is 1. The average molecular weight is 289 g/mol. The van der Waals surface area contributed by atoms with E-state index in [0.717, 1.165) is 11.3 Å². The maximum absolute atomic E-state index is 11.1. The maximum atomic E-state index is 11.1. The monoisotopic (exact) mass is 288 g/mol. The number of hydrogen-bond donors (Lipinski definition) is 2. The fourth-order valence-corrected chi connectivity index (χ4v) is 2.22. The van der Waals surface area contributed by atoms with E-state index in [-0.39, 0.29) is 0 Å². The molecule has 3 nitrogen and oxygen atoms in total. The van der Waals surface area contributed by atoms with Crippen LogP contribution in [-0.2, 0) is 6.54 Å². The Bertz CT molecular complexity index is 653. The van der Waals surface area contributed by atoms with E-state index >= 15 is 0 Å². The predicted octanol–water partition coefficient (Wildman–Crippen LogP) is 3.67. The molecule has 0 spiro atoms. The molecule has 4 heteroatoms. The molecule has 0 saturated heterocycles. The van der Waals surface area contributed by atoms with Crippen LogP contribution in [0.2, 0.25) is 5.02 Å². The summed E-state index contributed by atoms with van der Waals surface area (Å²) in [6, 6.07) is 11.2. The van der Waals surface area contributed by atoms with Crippen LogP contribution in [0.5, 0.6) is 0 Å². The minimum Gasteiger partial charge on any atom is -0.381 e. The highest BCUT2D eigenvalue weighted by molar-refractivity contribution is 6.31. The highest BCUT2D eigenvalue weighted by Crippen LogP contribution is 2.22. The molecular formula is C16H17ClN2O. The molecule has 0 aliphatic carbocycles. The number of halogens is 1. The lowest BCUT2D eigenvalue weighted by atomic mass is 10.1. The van der Waals surface area contributed by atoms with Crippen LogP contribution in [0.4, 0.5) is 5.69 Å². The Hall–Kier alpha value is -2.00. The number of primary amides is 1. The van der Waals surface area contributed by atoms with Crippen LogP contribution in [0.25, 0.3) is 0 Å². The Kier molecular flexibility index (Phi) is 4.30. The van der Waals surface area contributed by atoms with E-state index in [2.05, 4.69) is 25.2 Å². The molecule has 0 aliphatic heterocycles. The van der Waals surface area contributed by atoms with Crippen LogP contribution < -0.4 is 11.1 Å². The number of rotatable bonds is 4. The summed E-state index contributed by atoms with van der Waals surface area (Å²) in [6.45, 7) is 4.76. The van der Waals surface area contributed by atoms with E-state index in [4.69, 9.17) is 17.3 Å². The van der Waals surface area contributed by atoms with E-state index in [1.54, 1.807) is 12.1 Å². The lowest BCUT2D eigenvalue weighted by molar-refractivity contribution is 0.100. The van der Waals surface area contributed by atoms with Gasteiger partial charge in [0.15, 0.2) is 0 Å². The van der Waals surface area contributed by atoms with Gasteiger partial charge in [0.05, 0.1) is 0 Å². The summed E-state index contributed by atoms with van der Waals surface area (Å²) in [5, 5.41) is 3.90. The number of nitrogens with two attached hydrogens (primary N) is 1. The lowest BCUT2D eigenvalue weighted by Gasteiger charge is -2.12. The van der Waals surface area contributed by atoms with Gasteiger partial charge in [0.2, 0.25) is 5.91 Å². The van der Waals surface area contributed by atoms with Crippen molar-refractivity contribution >= 4 is 23.2 Å². The van der Waals surface area contributed by atoms with E-state index in [1.165, 1.54) is 11.1 Å². The van der Waals surface area contributed by atoms with E-state index in [0.29, 0.717) is 17.1 Å². The second-order valence-corrected chi connectivity index (χ2v) is 5.18. The Morgan fingerprint density at radius 1 is 1.25 bits per heavy atom. The first-order valence-electron chi connectivity index (χ1n) is 6.37. The van der Waals surface area contributed by atoms with Gasteiger partial charge in [-0.3, -0.25) is 4.79 Å². The smallest absolute Gasteiger partial charge is 0.248 e. The third kappa shape index (κ3) is 3.11. The molecule has 0 aliphatic rings. The average Bonchev–Trinajstić information content (AvgIpc) is 2.41. The largest absolute Gasteiger partial charge is 0.381 e. The molecule has 2 aromatic rings. The molecule has 2 aromatic carbocycles. The second-order valence-electron chi connectivity index (χ2n) is 4.77. The van der Waals surface area contributed by atoms with E-state index in [1.807, 2.05) is 18.2 Å². The van der Waals surface area contributed by atoms with Gasteiger partial charge >= 0.3 is 0 Å². The van der Waals surface area contributed by atoms with E-state index in [9.17, 15) is 4.79 Å². The zero-order chi connectivity index (χ0) is 14.7. The first-order chi connectivity index (χ1) is 9.49. The third-order valence-electron chi connectivity index (χ3n) is 3.41. The van der Waals surface area contributed by atoms with Crippen LogP contribution in [0, 0.1) is 13.8 Å². The highest BCUT2D eigenvalue weighted by atomic mass is 35.5. The van der Waals surface area contributed by atoms with Gasteiger partial charge in [0, 0.05) is 22.8 Å². The Balaban J connectivity index is 2.15. The summed E-state index contributed by atoms with van der Waals surface area (Å²) >= 11 is 6.16. The van der Waals surface area contributed by atoms with Gasteiger partial charge in [-0.15, -0.1) is 0 Å². The van der Waals surface area contributed by atoms with Gasteiger partial charge in [0.25, 0.3) is 0 Å². The summed E-state index contributed by atoms with van der Waals surface area (Å²) in [4.78, 5) is 11.1. The van der Waals surface area contributed by atoms with Crippen LogP contribution in [0.3, 0.4) is 0 Å². The second kappa shape index (κ2) is 5.97. The molecule has 104 valence electrons. The van der Waals surface area contributed by atoms with Crippen molar-refractivity contribution in [3.8, 4) is 0 Å². The fraction of sp³-hybridized carbons (Fsp3) is 0.188. The molecule has 0 atom stereocenters. The molecule has 20 heavy (non-hydrogen) atoms. The van der Waals surface area contributed by atoms with Crippen molar-refractivity contribution in [1.29, 1.82) is 0 Å².